The van der Waals surface area contributed by atoms with Gasteiger partial charge < -0.3 is 10.1 Å². The first-order chi connectivity index (χ1) is 16.5. The van der Waals surface area contributed by atoms with Crippen LogP contribution in [0.25, 0.3) is 28.0 Å². The second-order valence-electron chi connectivity index (χ2n) is 8.15. The molecule has 0 bridgehead atoms. The molecular formula is C26H24N6O2. The molecule has 0 radical (unpaired) electrons. The van der Waals surface area contributed by atoms with Gasteiger partial charge in [0.05, 0.1) is 36.4 Å². The summed E-state index contributed by atoms with van der Waals surface area (Å²) in [6, 6.07) is 19.2. The Kier molecular flexibility index (Phi) is 5.55. The summed E-state index contributed by atoms with van der Waals surface area (Å²) in [6.07, 6.45) is 5.13. The van der Waals surface area contributed by atoms with E-state index in [9.17, 15) is 4.79 Å². The Morgan fingerprint density at radius 3 is 2.56 bits per heavy atom. The first kappa shape index (κ1) is 21.4. The number of anilines is 1. The van der Waals surface area contributed by atoms with Crippen molar-refractivity contribution in [1.82, 2.24) is 24.5 Å². The van der Waals surface area contributed by atoms with Crippen LogP contribution in [0, 0.1) is 0 Å². The van der Waals surface area contributed by atoms with Crippen molar-refractivity contribution in [3.05, 3.63) is 84.8 Å². The fourth-order valence-corrected chi connectivity index (χ4v) is 3.88. The zero-order valence-electron chi connectivity index (χ0n) is 19.1. The van der Waals surface area contributed by atoms with Crippen molar-refractivity contribution < 1.29 is 9.53 Å². The van der Waals surface area contributed by atoms with Crippen LogP contribution in [0.2, 0.25) is 0 Å². The Hall–Kier alpha value is -4.46. The Labute approximate surface area is 196 Å². The molecule has 0 atom stereocenters. The third-order valence-corrected chi connectivity index (χ3v) is 5.52. The van der Waals surface area contributed by atoms with Gasteiger partial charge in [0.25, 0.3) is 5.91 Å². The number of carbonyl (C=O) groups excluding carboxylic acids is 1. The van der Waals surface area contributed by atoms with E-state index < -0.39 is 0 Å². The first-order valence-corrected chi connectivity index (χ1v) is 11.0. The number of rotatable bonds is 6. The minimum atomic E-state index is -0.291. The molecule has 34 heavy (non-hydrogen) atoms. The molecule has 3 aromatic heterocycles. The Morgan fingerprint density at radius 2 is 1.79 bits per heavy atom. The number of nitrogens with one attached hydrogen (secondary N) is 1. The van der Waals surface area contributed by atoms with Crippen molar-refractivity contribution >= 4 is 22.6 Å². The summed E-state index contributed by atoms with van der Waals surface area (Å²) >= 11 is 0. The summed E-state index contributed by atoms with van der Waals surface area (Å²) < 4.78 is 9.09. The number of methoxy groups -OCH3 is 1. The monoisotopic (exact) mass is 452 g/mol. The topological polar surface area (TPSA) is 86.9 Å². The third-order valence-electron chi connectivity index (χ3n) is 5.52. The number of fused-ring (bicyclic) bond motifs is 1. The molecule has 0 fully saturated rings. The molecule has 0 spiro atoms. The lowest BCUT2D eigenvalue weighted by atomic mass is 10.1. The van der Waals surface area contributed by atoms with Crippen LogP contribution in [0.3, 0.4) is 0 Å². The van der Waals surface area contributed by atoms with E-state index in [0.717, 1.165) is 22.3 Å². The summed E-state index contributed by atoms with van der Waals surface area (Å²) in [5, 5.41) is 13.0. The number of hydrogen-bond donors (Lipinski definition) is 1. The van der Waals surface area contributed by atoms with Gasteiger partial charge >= 0.3 is 0 Å². The Bertz CT molecular complexity index is 1470. The highest BCUT2D eigenvalue weighted by Gasteiger charge is 2.21. The molecule has 0 aliphatic heterocycles. The number of hydrogen-bond acceptors (Lipinski definition) is 5. The molecule has 0 aliphatic carbocycles. The molecule has 5 rings (SSSR count). The second-order valence-corrected chi connectivity index (χ2v) is 8.15. The van der Waals surface area contributed by atoms with Crippen LogP contribution < -0.4 is 10.1 Å². The number of benzene rings is 2. The molecule has 0 unspecified atom stereocenters. The van der Waals surface area contributed by atoms with Gasteiger partial charge in [0.2, 0.25) is 0 Å². The van der Waals surface area contributed by atoms with E-state index in [-0.39, 0.29) is 11.9 Å². The van der Waals surface area contributed by atoms with Crippen LogP contribution in [-0.4, -0.2) is 37.6 Å². The summed E-state index contributed by atoms with van der Waals surface area (Å²) in [7, 11) is 1.60. The molecule has 0 saturated heterocycles. The van der Waals surface area contributed by atoms with Gasteiger partial charge in [-0.3, -0.25) is 4.79 Å². The predicted octanol–water partition coefficient (Wildman–Crippen LogP) is 5.13. The molecule has 1 N–H and O–H groups in total. The van der Waals surface area contributed by atoms with E-state index in [1.807, 2.05) is 79.2 Å². The molecule has 170 valence electrons. The van der Waals surface area contributed by atoms with Crippen LogP contribution in [-0.2, 0) is 0 Å². The number of ether oxygens (including phenoxy) is 1. The predicted molar refractivity (Wildman–Crippen MR) is 131 cm³/mol. The highest BCUT2D eigenvalue weighted by Crippen LogP contribution is 2.32. The van der Waals surface area contributed by atoms with Crippen molar-refractivity contribution in [3.8, 4) is 22.7 Å². The summed E-state index contributed by atoms with van der Waals surface area (Å²) in [4.78, 5) is 18.0. The van der Waals surface area contributed by atoms with Crippen molar-refractivity contribution in [2.24, 2.45) is 0 Å². The Morgan fingerprint density at radius 1 is 1.03 bits per heavy atom. The van der Waals surface area contributed by atoms with Gasteiger partial charge in [-0.25, -0.2) is 14.3 Å². The number of nitrogens with zero attached hydrogens (tertiary/aromatic N) is 5. The zero-order chi connectivity index (χ0) is 23.7. The van der Waals surface area contributed by atoms with Gasteiger partial charge in [-0.15, -0.1) is 0 Å². The zero-order valence-corrected chi connectivity index (χ0v) is 19.1. The summed E-state index contributed by atoms with van der Waals surface area (Å²) in [5.41, 5.74) is 3.89. The van der Waals surface area contributed by atoms with E-state index in [1.165, 1.54) is 0 Å². The second kappa shape index (κ2) is 8.82. The van der Waals surface area contributed by atoms with Crippen LogP contribution in [0.15, 0.2) is 79.3 Å². The fraction of sp³-hybridized carbons (Fsp3) is 0.154. The van der Waals surface area contributed by atoms with Gasteiger partial charge in [-0.2, -0.15) is 10.2 Å². The van der Waals surface area contributed by atoms with E-state index in [4.69, 9.17) is 9.84 Å². The van der Waals surface area contributed by atoms with E-state index in [1.54, 1.807) is 30.4 Å². The average molecular weight is 453 g/mol. The lowest BCUT2D eigenvalue weighted by Gasteiger charge is -2.09. The SMILES string of the molecule is COc1ccccc1-c1nn(-c2ccccc2)cc1C(=O)Nc1cnc2c(cnn2C(C)C)c1. The van der Waals surface area contributed by atoms with E-state index >= 15 is 0 Å². The summed E-state index contributed by atoms with van der Waals surface area (Å²) in [6.45, 7) is 4.10. The maximum Gasteiger partial charge on any atom is 0.259 e. The first-order valence-electron chi connectivity index (χ1n) is 11.0. The number of carbonyl (C=O) groups is 1. The van der Waals surface area contributed by atoms with Crippen LogP contribution in [0.4, 0.5) is 5.69 Å². The van der Waals surface area contributed by atoms with Crippen molar-refractivity contribution in [3.63, 3.8) is 0 Å². The van der Waals surface area contributed by atoms with Gasteiger partial charge in [-0.1, -0.05) is 30.3 Å². The molecule has 8 nitrogen and oxygen atoms in total. The third kappa shape index (κ3) is 3.90. The van der Waals surface area contributed by atoms with Gasteiger partial charge in [0.15, 0.2) is 5.65 Å². The van der Waals surface area contributed by atoms with Crippen LogP contribution in [0.1, 0.15) is 30.2 Å². The number of amides is 1. The average Bonchev–Trinajstić information content (AvgIpc) is 3.49. The van der Waals surface area contributed by atoms with Crippen molar-refractivity contribution in [2.75, 3.05) is 12.4 Å². The summed E-state index contributed by atoms with van der Waals surface area (Å²) in [5.74, 6) is 0.347. The smallest absolute Gasteiger partial charge is 0.259 e. The van der Waals surface area contributed by atoms with Gasteiger partial charge in [-0.05, 0) is 44.2 Å². The molecule has 2 aromatic carbocycles. The number of pyridine rings is 1. The number of aromatic nitrogens is 5. The molecule has 3 heterocycles. The lowest BCUT2D eigenvalue weighted by molar-refractivity contribution is 0.102. The highest BCUT2D eigenvalue weighted by atomic mass is 16.5. The maximum absolute atomic E-state index is 13.4. The largest absolute Gasteiger partial charge is 0.496 e. The molecule has 0 saturated carbocycles. The Balaban J connectivity index is 1.55. The molecule has 0 aliphatic rings. The van der Waals surface area contributed by atoms with E-state index in [2.05, 4.69) is 15.4 Å². The quantitative estimate of drug-likeness (QED) is 0.386. The maximum atomic E-state index is 13.4. The van der Waals surface area contributed by atoms with Crippen molar-refractivity contribution in [1.29, 1.82) is 0 Å². The fourth-order valence-electron chi connectivity index (χ4n) is 3.88. The number of para-hydroxylation sites is 2. The minimum absolute atomic E-state index is 0.192. The van der Waals surface area contributed by atoms with Crippen LogP contribution in [0.5, 0.6) is 5.75 Å². The van der Waals surface area contributed by atoms with Crippen molar-refractivity contribution in [2.45, 2.75) is 19.9 Å². The molecule has 8 heteroatoms. The molecule has 1 amide bonds. The van der Waals surface area contributed by atoms with Gasteiger partial charge in [0, 0.05) is 23.2 Å². The molecular weight excluding hydrogens is 428 g/mol. The van der Waals surface area contributed by atoms with Crippen LogP contribution >= 0.6 is 0 Å². The lowest BCUT2D eigenvalue weighted by Crippen LogP contribution is -2.13. The molecule has 5 aromatic rings. The van der Waals surface area contributed by atoms with E-state index in [0.29, 0.717) is 22.7 Å². The highest BCUT2D eigenvalue weighted by molar-refractivity contribution is 6.08. The standard InChI is InChI=1S/C26H24N6O2/c1-17(2)32-25-18(14-28-32)13-19(15-27-25)29-26(33)22-16-31(20-9-5-4-6-10-20)30-24(22)21-11-7-8-12-23(21)34-3/h4-17H,1-3H3,(H,29,33). The minimum Gasteiger partial charge on any atom is -0.496 e. The van der Waals surface area contributed by atoms with Gasteiger partial charge in [0.1, 0.15) is 11.4 Å². The normalized spacial score (nSPS) is 11.2.